The monoisotopic (exact) mass is 503 g/mol. The second kappa shape index (κ2) is 11.0. The Hall–Kier alpha value is -2.27. The lowest BCUT2D eigenvalue weighted by Gasteiger charge is -2.32. The van der Waals surface area contributed by atoms with E-state index in [0.29, 0.717) is 32.7 Å². The normalized spacial score (nSPS) is 19.2. The van der Waals surface area contributed by atoms with E-state index in [0.717, 1.165) is 28.6 Å². The van der Waals surface area contributed by atoms with Gasteiger partial charge >= 0.3 is 6.03 Å². The molecule has 2 aliphatic heterocycles. The molecular formula is C24H33N5O3S2. The number of amides is 3. The Morgan fingerprint density at radius 1 is 1.18 bits per heavy atom. The summed E-state index contributed by atoms with van der Waals surface area (Å²) in [5, 5.41) is 13.4. The van der Waals surface area contributed by atoms with E-state index >= 15 is 0 Å². The molecule has 0 unspecified atom stereocenters. The predicted octanol–water partition coefficient (Wildman–Crippen LogP) is 3.63. The van der Waals surface area contributed by atoms with Crippen LogP contribution in [-0.4, -0.2) is 83.9 Å². The van der Waals surface area contributed by atoms with Gasteiger partial charge in [-0.05, 0) is 43.7 Å². The summed E-state index contributed by atoms with van der Waals surface area (Å²) in [5.74, 6) is -0.170. The largest absolute Gasteiger partial charge is 0.379 e. The third kappa shape index (κ3) is 6.44. The number of hydrogen-bond donors (Lipinski definition) is 1. The molecular weight excluding hydrogens is 470 g/mol. The lowest BCUT2D eigenvalue weighted by molar-refractivity contribution is -0.133. The first kappa shape index (κ1) is 24.8. The highest BCUT2D eigenvalue weighted by molar-refractivity contribution is 7.12. The average molecular weight is 504 g/mol. The predicted molar refractivity (Wildman–Crippen MR) is 136 cm³/mol. The molecule has 1 saturated heterocycles. The van der Waals surface area contributed by atoms with Crippen molar-refractivity contribution in [3.63, 3.8) is 0 Å². The first-order chi connectivity index (χ1) is 16.3. The molecule has 1 fully saturated rings. The summed E-state index contributed by atoms with van der Waals surface area (Å²) in [4.78, 5) is 32.7. The van der Waals surface area contributed by atoms with E-state index < -0.39 is 5.54 Å². The van der Waals surface area contributed by atoms with Crippen LogP contribution in [-0.2, 0) is 9.53 Å². The highest BCUT2D eigenvalue weighted by Crippen LogP contribution is 2.36. The van der Waals surface area contributed by atoms with Crippen LogP contribution in [0.3, 0.4) is 0 Å². The zero-order valence-corrected chi connectivity index (χ0v) is 21.7. The molecule has 2 aromatic rings. The number of thiophene rings is 2. The van der Waals surface area contributed by atoms with E-state index in [1.165, 1.54) is 0 Å². The Morgan fingerprint density at radius 2 is 1.91 bits per heavy atom. The van der Waals surface area contributed by atoms with Crippen LogP contribution in [0.25, 0.3) is 0 Å². The number of nitrogens with zero attached hydrogens (tertiary/aromatic N) is 4. The van der Waals surface area contributed by atoms with Crippen LogP contribution in [0.15, 0.2) is 40.1 Å². The van der Waals surface area contributed by atoms with Crippen LogP contribution in [0.5, 0.6) is 0 Å². The van der Waals surface area contributed by atoms with Gasteiger partial charge in [-0.15, -0.1) is 22.7 Å². The lowest BCUT2D eigenvalue weighted by Crippen LogP contribution is -2.53. The maximum atomic E-state index is 13.6. The van der Waals surface area contributed by atoms with Gasteiger partial charge in [-0.1, -0.05) is 12.1 Å². The molecule has 0 saturated carbocycles. The van der Waals surface area contributed by atoms with Gasteiger partial charge in [-0.25, -0.2) is 9.80 Å². The van der Waals surface area contributed by atoms with E-state index in [4.69, 9.17) is 9.84 Å². The highest BCUT2D eigenvalue weighted by atomic mass is 32.1. The van der Waals surface area contributed by atoms with Gasteiger partial charge in [0, 0.05) is 43.0 Å². The zero-order chi connectivity index (χ0) is 24.1. The number of hydrogen-bond acceptors (Lipinski definition) is 7. The molecule has 1 N–H and O–H groups in total. The van der Waals surface area contributed by atoms with Gasteiger partial charge in [0.05, 0.1) is 29.8 Å². The number of carbonyl (C=O) groups is 2. The molecule has 0 aromatic carbocycles. The van der Waals surface area contributed by atoms with Gasteiger partial charge in [0.1, 0.15) is 6.54 Å². The van der Waals surface area contributed by atoms with Crippen molar-refractivity contribution in [2.24, 2.45) is 5.10 Å². The summed E-state index contributed by atoms with van der Waals surface area (Å²) >= 11 is 3.25. The van der Waals surface area contributed by atoms with E-state index in [9.17, 15) is 9.59 Å². The Balaban J connectivity index is 1.50. The fourth-order valence-corrected chi connectivity index (χ4v) is 5.54. The molecule has 8 nitrogen and oxygen atoms in total. The van der Waals surface area contributed by atoms with Crippen LogP contribution in [0.2, 0.25) is 0 Å². The molecule has 0 spiro atoms. The highest BCUT2D eigenvalue weighted by Gasteiger charge is 2.35. The minimum Gasteiger partial charge on any atom is -0.379 e. The van der Waals surface area contributed by atoms with Crippen molar-refractivity contribution in [3.8, 4) is 0 Å². The van der Waals surface area contributed by atoms with Crippen molar-refractivity contribution in [1.82, 2.24) is 20.1 Å². The molecule has 4 heterocycles. The van der Waals surface area contributed by atoms with Gasteiger partial charge < -0.3 is 15.0 Å². The molecule has 184 valence electrons. The van der Waals surface area contributed by atoms with Gasteiger partial charge in [0.15, 0.2) is 0 Å². The van der Waals surface area contributed by atoms with Gasteiger partial charge in [-0.3, -0.25) is 9.69 Å². The van der Waals surface area contributed by atoms with Gasteiger partial charge in [0.2, 0.25) is 0 Å². The fourth-order valence-electron chi connectivity index (χ4n) is 4.01. The summed E-state index contributed by atoms with van der Waals surface area (Å²) in [6.45, 7) is 10.0. The summed E-state index contributed by atoms with van der Waals surface area (Å²) in [6.07, 6.45) is 0.675. The van der Waals surface area contributed by atoms with Crippen LogP contribution < -0.4 is 5.32 Å². The molecule has 0 bridgehead atoms. The molecule has 3 amide bonds. The Morgan fingerprint density at radius 3 is 2.56 bits per heavy atom. The first-order valence-electron chi connectivity index (χ1n) is 11.6. The summed E-state index contributed by atoms with van der Waals surface area (Å²) < 4.78 is 5.43. The molecule has 1 atom stereocenters. The smallest absolute Gasteiger partial charge is 0.318 e. The molecule has 2 aliphatic rings. The molecule has 4 rings (SSSR count). The first-order valence-corrected chi connectivity index (χ1v) is 13.4. The van der Waals surface area contributed by atoms with E-state index in [1.54, 1.807) is 32.6 Å². The van der Waals surface area contributed by atoms with Crippen molar-refractivity contribution in [3.05, 3.63) is 44.8 Å². The summed E-state index contributed by atoms with van der Waals surface area (Å²) in [6, 6.07) is 7.70. The number of hydrazone groups is 1. The topological polar surface area (TPSA) is 77.5 Å². The number of morpholine rings is 1. The third-order valence-corrected chi connectivity index (χ3v) is 7.62. The van der Waals surface area contributed by atoms with Crippen LogP contribution in [0, 0.1) is 0 Å². The Labute approximate surface area is 209 Å². The second-order valence-corrected chi connectivity index (χ2v) is 11.5. The number of nitrogens with one attached hydrogen (secondary N) is 1. The van der Waals surface area contributed by atoms with Crippen LogP contribution in [0.1, 0.15) is 43.0 Å². The zero-order valence-electron chi connectivity index (χ0n) is 20.0. The molecule has 2 aromatic heterocycles. The average Bonchev–Trinajstić information content (AvgIpc) is 3.56. The minimum atomic E-state index is -0.394. The van der Waals surface area contributed by atoms with Crippen LogP contribution >= 0.6 is 22.7 Å². The standard InChI is InChI=1S/C24H33N5O3S2/c1-24(2,3)25-23(31)28(9-8-27-10-12-32-13-11-27)17-22(30)29-19(21-7-5-15-34-21)16-18(26-29)20-6-4-14-33-20/h4-7,14-15,19H,8-13,16-17H2,1-3H3,(H,25,31)/t19-/m1/s1. The van der Waals surface area contributed by atoms with Crippen molar-refractivity contribution in [2.75, 3.05) is 45.9 Å². The van der Waals surface area contributed by atoms with Gasteiger partial charge in [0.25, 0.3) is 5.91 Å². The SMILES string of the molecule is CC(C)(C)NC(=O)N(CCN1CCOCC1)CC(=O)N1N=C(c2cccs2)C[C@@H]1c1cccs1. The maximum absolute atomic E-state index is 13.6. The van der Waals surface area contributed by atoms with E-state index in [1.807, 2.05) is 55.8 Å². The minimum absolute atomic E-state index is 0.0185. The van der Waals surface area contributed by atoms with E-state index in [2.05, 4.69) is 10.2 Å². The number of urea groups is 1. The second-order valence-electron chi connectivity index (χ2n) is 9.55. The lowest BCUT2D eigenvalue weighted by atomic mass is 10.1. The van der Waals surface area contributed by atoms with Crippen molar-refractivity contribution in [2.45, 2.75) is 38.8 Å². The molecule has 34 heavy (non-hydrogen) atoms. The third-order valence-electron chi connectivity index (χ3n) is 5.73. The quantitative estimate of drug-likeness (QED) is 0.626. The van der Waals surface area contributed by atoms with Crippen molar-refractivity contribution < 1.29 is 14.3 Å². The van der Waals surface area contributed by atoms with Crippen molar-refractivity contribution in [1.29, 1.82) is 0 Å². The van der Waals surface area contributed by atoms with Crippen LogP contribution in [0.4, 0.5) is 4.79 Å². The number of rotatable bonds is 7. The summed E-state index contributed by atoms with van der Waals surface area (Å²) in [7, 11) is 0. The molecule has 0 aliphatic carbocycles. The number of ether oxygens (including phenoxy) is 1. The Bertz CT molecular complexity index is 979. The Kier molecular flexibility index (Phi) is 8.02. The molecule has 0 radical (unpaired) electrons. The summed E-state index contributed by atoms with van der Waals surface area (Å²) in [5.41, 5.74) is 0.524. The fraction of sp³-hybridized carbons (Fsp3) is 0.542. The van der Waals surface area contributed by atoms with Crippen molar-refractivity contribution >= 4 is 40.3 Å². The van der Waals surface area contributed by atoms with E-state index in [-0.39, 0.29) is 24.5 Å². The van der Waals surface area contributed by atoms with Gasteiger partial charge in [-0.2, -0.15) is 5.10 Å². The molecule has 10 heteroatoms. The maximum Gasteiger partial charge on any atom is 0.318 e. The number of carbonyl (C=O) groups excluding carboxylic acids is 2.